The number of likely N-dealkylation sites (N-methyl/N-ethyl adjacent to an activating group) is 2. The summed E-state index contributed by atoms with van der Waals surface area (Å²) in [6.07, 6.45) is 0. The van der Waals surface area contributed by atoms with E-state index in [-0.39, 0.29) is 11.7 Å². The fourth-order valence-corrected chi connectivity index (χ4v) is 2.49. The van der Waals surface area contributed by atoms with E-state index in [0.717, 1.165) is 11.1 Å². The van der Waals surface area contributed by atoms with Gasteiger partial charge in [-0.2, -0.15) is 0 Å². The maximum absolute atomic E-state index is 12.9. The van der Waals surface area contributed by atoms with E-state index >= 15 is 0 Å². The standard InChI is InChI=1S/C20H24N2O2/c1-14-9-10-16(13-15(14)2)19(23)17-7-5-6-8-18(17)20(24)22(4)12-11-21-3/h5-10,13,21H,11-12H2,1-4H3. The van der Waals surface area contributed by atoms with Gasteiger partial charge in [0.15, 0.2) is 5.78 Å². The Kier molecular flexibility index (Phi) is 5.88. The summed E-state index contributed by atoms with van der Waals surface area (Å²) in [5.74, 6) is -0.262. The fourth-order valence-electron chi connectivity index (χ4n) is 2.49. The summed E-state index contributed by atoms with van der Waals surface area (Å²) in [4.78, 5) is 27.2. The van der Waals surface area contributed by atoms with Gasteiger partial charge in [0.2, 0.25) is 0 Å². The van der Waals surface area contributed by atoms with Crippen molar-refractivity contribution in [3.05, 3.63) is 70.3 Å². The first-order valence-electron chi connectivity index (χ1n) is 8.06. The monoisotopic (exact) mass is 324 g/mol. The molecule has 0 aliphatic rings. The molecule has 2 aromatic carbocycles. The highest BCUT2D eigenvalue weighted by Gasteiger charge is 2.20. The van der Waals surface area contributed by atoms with Gasteiger partial charge in [-0.15, -0.1) is 0 Å². The summed E-state index contributed by atoms with van der Waals surface area (Å²) in [7, 11) is 3.59. The maximum atomic E-state index is 12.9. The van der Waals surface area contributed by atoms with Crippen LogP contribution >= 0.6 is 0 Å². The molecule has 0 radical (unpaired) electrons. The minimum atomic E-state index is -0.141. The summed E-state index contributed by atoms with van der Waals surface area (Å²) < 4.78 is 0. The van der Waals surface area contributed by atoms with Gasteiger partial charge in [-0.3, -0.25) is 9.59 Å². The van der Waals surface area contributed by atoms with Gasteiger partial charge in [-0.25, -0.2) is 0 Å². The van der Waals surface area contributed by atoms with Crippen LogP contribution in [0.25, 0.3) is 0 Å². The molecule has 1 N–H and O–H groups in total. The average molecular weight is 324 g/mol. The van der Waals surface area contributed by atoms with Crippen LogP contribution in [0.5, 0.6) is 0 Å². The molecule has 1 amide bonds. The van der Waals surface area contributed by atoms with Gasteiger partial charge in [0.1, 0.15) is 0 Å². The molecular formula is C20H24N2O2. The van der Waals surface area contributed by atoms with Crippen molar-refractivity contribution in [3.8, 4) is 0 Å². The quantitative estimate of drug-likeness (QED) is 0.831. The molecule has 126 valence electrons. The predicted molar refractivity (Wildman–Crippen MR) is 96.7 cm³/mol. The van der Waals surface area contributed by atoms with Crippen molar-refractivity contribution in [1.29, 1.82) is 0 Å². The van der Waals surface area contributed by atoms with E-state index in [1.54, 1.807) is 36.2 Å². The summed E-state index contributed by atoms with van der Waals surface area (Å²) in [5, 5.41) is 3.02. The number of nitrogens with one attached hydrogen (secondary N) is 1. The molecule has 0 saturated carbocycles. The van der Waals surface area contributed by atoms with E-state index in [0.29, 0.717) is 29.8 Å². The van der Waals surface area contributed by atoms with Crippen molar-refractivity contribution in [2.45, 2.75) is 13.8 Å². The number of carbonyl (C=O) groups is 2. The van der Waals surface area contributed by atoms with Gasteiger partial charge in [-0.1, -0.05) is 30.3 Å². The third-order valence-electron chi connectivity index (χ3n) is 4.22. The second-order valence-electron chi connectivity index (χ2n) is 6.00. The molecule has 0 aliphatic heterocycles. The highest BCUT2D eigenvalue weighted by molar-refractivity contribution is 6.15. The number of nitrogens with zero attached hydrogens (tertiary/aromatic N) is 1. The fraction of sp³-hybridized carbons (Fsp3) is 0.300. The zero-order chi connectivity index (χ0) is 17.7. The lowest BCUT2D eigenvalue weighted by atomic mass is 9.95. The normalized spacial score (nSPS) is 10.5. The molecule has 0 heterocycles. The molecular weight excluding hydrogens is 300 g/mol. The molecule has 4 heteroatoms. The van der Waals surface area contributed by atoms with Crippen molar-refractivity contribution in [2.75, 3.05) is 27.2 Å². The Hall–Kier alpha value is -2.46. The third-order valence-corrected chi connectivity index (χ3v) is 4.22. The molecule has 0 aliphatic carbocycles. The predicted octanol–water partition coefficient (Wildman–Crippen LogP) is 2.83. The van der Waals surface area contributed by atoms with Gasteiger partial charge >= 0.3 is 0 Å². The van der Waals surface area contributed by atoms with Crippen molar-refractivity contribution in [2.24, 2.45) is 0 Å². The first-order valence-corrected chi connectivity index (χ1v) is 8.06. The Labute approximate surface area is 143 Å². The van der Waals surface area contributed by atoms with Crippen LogP contribution in [0.15, 0.2) is 42.5 Å². The van der Waals surface area contributed by atoms with Gasteiger partial charge in [0, 0.05) is 31.3 Å². The van der Waals surface area contributed by atoms with Crippen LogP contribution in [0, 0.1) is 13.8 Å². The van der Waals surface area contributed by atoms with Crippen molar-refractivity contribution < 1.29 is 9.59 Å². The summed E-state index contributed by atoms with van der Waals surface area (Å²) >= 11 is 0. The van der Waals surface area contributed by atoms with Crippen LogP contribution in [0.3, 0.4) is 0 Å². The minimum Gasteiger partial charge on any atom is -0.340 e. The maximum Gasteiger partial charge on any atom is 0.254 e. The Morgan fingerprint density at radius 3 is 2.29 bits per heavy atom. The number of aryl methyl sites for hydroxylation is 2. The average Bonchev–Trinajstić information content (AvgIpc) is 2.60. The molecule has 4 nitrogen and oxygen atoms in total. The van der Waals surface area contributed by atoms with Crippen molar-refractivity contribution in [3.63, 3.8) is 0 Å². The van der Waals surface area contributed by atoms with E-state index in [4.69, 9.17) is 0 Å². The molecule has 0 unspecified atom stereocenters. The first kappa shape index (κ1) is 17.9. The van der Waals surface area contributed by atoms with E-state index < -0.39 is 0 Å². The number of hydrogen-bond donors (Lipinski definition) is 1. The van der Waals surface area contributed by atoms with E-state index in [2.05, 4.69) is 5.32 Å². The number of benzene rings is 2. The van der Waals surface area contributed by atoms with Gasteiger partial charge in [-0.05, 0) is 44.2 Å². The van der Waals surface area contributed by atoms with Crippen molar-refractivity contribution >= 4 is 11.7 Å². The van der Waals surface area contributed by atoms with Crippen LogP contribution in [0.4, 0.5) is 0 Å². The molecule has 2 rings (SSSR count). The molecule has 0 bridgehead atoms. The molecule has 2 aromatic rings. The number of amides is 1. The largest absolute Gasteiger partial charge is 0.340 e. The zero-order valence-electron chi connectivity index (χ0n) is 14.7. The highest BCUT2D eigenvalue weighted by Crippen LogP contribution is 2.18. The lowest BCUT2D eigenvalue weighted by Crippen LogP contribution is -2.33. The van der Waals surface area contributed by atoms with Crippen LogP contribution in [0.2, 0.25) is 0 Å². The molecule has 0 fully saturated rings. The number of hydrogen-bond acceptors (Lipinski definition) is 3. The molecule has 0 saturated heterocycles. The van der Waals surface area contributed by atoms with Gasteiger partial charge in [0.25, 0.3) is 5.91 Å². The summed E-state index contributed by atoms with van der Waals surface area (Å²) in [5.41, 5.74) is 3.70. The lowest BCUT2D eigenvalue weighted by molar-refractivity contribution is 0.0792. The van der Waals surface area contributed by atoms with E-state index in [1.165, 1.54) is 0 Å². The summed E-state index contributed by atoms with van der Waals surface area (Å²) in [6.45, 7) is 5.28. The molecule has 0 aromatic heterocycles. The molecule has 0 atom stereocenters. The van der Waals surface area contributed by atoms with Crippen molar-refractivity contribution in [1.82, 2.24) is 10.2 Å². The topological polar surface area (TPSA) is 49.4 Å². The lowest BCUT2D eigenvalue weighted by Gasteiger charge is -2.18. The molecule has 0 spiro atoms. The van der Waals surface area contributed by atoms with Gasteiger partial charge < -0.3 is 10.2 Å². The highest BCUT2D eigenvalue weighted by atomic mass is 16.2. The SMILES string of the molecule is CNCCN(C)C(=O)c1ccccc1C(=O)c1ccc(C)c(C)c1. The number of carbonyl (C=O) groups excluding carboxylic acids is 2. The Bertz CT molecular complexity index is 753. The Morgan fingerprint density at radius 2 is 1.67 bits per heavy atom. The van der Waals surface area contributed by atoms with Crippen LogP contribution in [0.1, 0.15) is 37.4 Å². The number of ketones is 1. The molecule has 24 heavy (non-hydrogen) atoms. The Morgan fingerprint density at radius 1 is 1.00 bits per heavy atom. The minimum absolute atomic E-state index is 0.121. The third kappa shape index (κ3) is 3.89. The second kappa shape index (κ2) is 7.88. The van der Waals surface area contributed by atoms with Crippen LogP contribution in [-0.2, 0) is 0 Å². The zero-order valence-corrected chi connectivity index (χ0v) is 14.7. The number of rotatable bonds is 6. The first-order chi connectivity index (χ1) is 11.5. The van der Waals surface area contributed by atoms with Crippen LogP contribution in [-0.4, -0.2) is 43.8 Å². The smallest absolute Gasteiger partial charge is 0.254 e. The summed E-state index contributed by atoms with van der Waals surface area (Å²) in [6, 6.07) is 12.6. The van der Waals surface area contributed by atoms with Crippen LogP contribution < -0.4 is 5.32 Å². The van der Waals surface area contributed by atoms with E-state index in [9.17, 15) is 9.59 Å². The van der Waals surface area contributed by atoms with Gasteiger partial charge in [0.05, 0.1) is 5.56 Å². The Balaban J connectivity index is 2.35. The second-order valence-corrected chi connectivity index (χ2v) is 6.00. The van der Waals surface area contributed by atoms with E-state index in [1.807, 2.05) is 39.1 Å².